The zero-order valence-corrected chi connectivity index (χ0v) is 9.56. The van der Waals surface area contributed by atoms with Crippen LogP contribution < -0.4 is 0 Å². The van der Waals surface area contributed by atoms with Crippen molar-refractivity contribution in [3.05, 3.63) is 58.8 Å². The summed E-state index contributed by atoms with van der Waals surface area (Å²) >= 11 is 6.02. The normalized spacial score (nSPS) is 12.8. The lowest BCUT2D eigenvalue weighted by Gasteiger charge is -2.10. The van der Waals surface area contributed by atoms with Crippen LogP contribution in [0.4, 0.5) is 13.2 Å². The number of benzene rings is 1. The molecule has 17 heavy (non-hydrogen) atoms. The number of furan rings is 1. The molecule has 0 spiro atoms. The molecule has 0 N–H and O–H groups in total. The zero-order chi connectivity index (χ0) is 12.6. The number of halogens is 4. The molecule has 1 unspecified atom stereocenters. The number of aryl methyl sites for hydroxylation is 1. The van der Waals surface area contributed by atoms with Crippen LogP contribution in [-0.2, 0) is 0 Å². The molecule has 5 heteroatoms. The second-order valence-electron chi connectivity index (χ2n) is 3.58. The summed E-state index contributed by atoms with van der Waals surface area (Å²) in [6.07, 6.45) is 1.40. The van der Waals surface area contributed by atoms with Crippen LogP contribution in [0.2, 0.25) is 0 Å². The van der Waals surface area contributed by atoms with Crippen LogP contribution in [0, 0.1) is 24.4 Å². The highest BCUT2D eigenvalue weighted by Crippen LogP contribution is 2.33. The summed E-state index contributed by atoms with van der Waals surface area (Å²) in [5.41, 5.74) is 0.409. The number of hydrogen-bond acceptors (Lipinski definition) is 1. The van der Waals surface area contributed by atoms with E-state index in [1.54, 1.807) is 13.0 Å². The Bertz CT molecular complexity index is 551. The highest BCUT2D eigenvalue weighted by molar-refractivity contribution is 6.22. The van der Waals surface area contributed by atoms with Crippen molar-refractivity contribution >= 4 is 11.6 Å². The topological polar surface area (TPSA) is 13.1 Å². The molecule has 0 aliphatic carbocycles. The Balaban J connectivity index is 2.48. The lowest BCUT2D eigenvalue weighted by molar-refractivity contribution is 0.490. The average Bonchev–Trinajstić information content (AvgIpc) is 2.69. The van der Waals surface area contributed by atoms with Gasteiger partial charge in [0.25, 0.3) is 0 Å². The molecular weight excluding hydrogens is 253 g/mol. The van der Waals surface area contributed by atoms with E-state index in [1.807, 2.05) is 0 Å². The average molecular weight is 261 g/mol. The van der Waals surface area contributed by atoms with Gasteiger partial charge in [-0.05, 0) is 19.1 Å². The fourth-order valence-corrected chi connectivity index (χ4v) is 1.95. The van der Waals surface area contributed by atoms with E-state index in [0.717, 1.165) is 6.07 Å². The van der Waals surface area contributed by atoms with Crippen molar-refractivity contribution in [3.8, 4) is 0 Å². The molecule has 1 nitrogen and oxygen atoms in total. The number of hydrogen-bond donors (Lipinski definition) is 0. The maximum absolute atomic E-state index is 13.5. The van der Waals surface area contributed by atoms with Crippen LogP contribution in [-0.4, -0.2) is 0 Å². The maximum atomic E-state index is 13.5. The van der Waals surface area contributed by atoms with Crippen LogP contribution in [0.3, 0.4) is 0 Å². The molecule has 0 saturated heterocycles. The van der Waals surface area contributed by atoms with E-state index in [1.165, 1.54) is 6.26 Å². The Morgan fingerprint density at radius 3 is 2.29 bits per heavy atom. The fraction of sp³-hybridized carbons (Fsp3) is 0.167. The number of alkyl halides is 1. The minimum absolute atomic E-state index is 0.116. The van der Waals surface area contributed by atoms with Crippen molar-refractivity contribution < 1.29 is 17.6 Å². The van der Waals surface area contributed by atoms with Crippen LogP contribution in [0.1, 0.15) is 22.3 Å². The van der Waals surface area contributed by atoms with Crippen molar-refractivity contribution in [1.82, 2.24) is 0 Å². The molecular formula is C12H8ClF3O. The quantitative estimate of drug-likeness (QED) is 0.578. The largest absolute Gasteiger partial charge is 0.469 e. The van der Waals surface area contributed by atoms with Gasteiger partial charge in [-0.1, -0.05) is 0 Å². The maximum Gasteiger partial charge on any atom is 0.161 e. The molecule has 2 aromatic rings. The van der Waals surface area contributed by atoms with Gasteiger partial charge in [0.15, 0.2) is 11.6 Å². The van der Waals surface area contributed by atoms with Crippen molar-refractivity contribution in [3.63, 3.8) is 0 Å². The molecule has 1 heterocycles. The number of rotatable bonds is 2. The van der Waals surface area contributed by atoms with Crippen LogP contribution >= 0.6 is 11.6 Å². The van der Waals surface area contributed by atoms with Gasteiger partial charge in [0, 0.05) is 17.2 Å². The smallest absolute Gasteiger partial charge is 0.161 e. The standard InChI is InChI=1S/C12H8ClF3O/c1-6-7(2-3-17-6)12(13)8-4-10(15)11(16)5-9(8)14/h2-5,12H,1H3. The summed E-state index contributed by atoms with van der Waals surface area (Å²) in [5, 5.41) is -0.913. The minimum Gasteiger partial charge on any atom is -0.469 e. The first-order valence-electron chi connectivity index (χ1n) is 4.83. The molecule has 0 aliphatic rings. The third-order valence-electron chi connectivity index (χ3n) is 2.48. The van der Waals surface area contributed by atoms with Gasteiger partial charge in [-0.3, -0.25) is 0 Å². The predicted octanol–water partition coefficient (Wildman–Crippen LogP) is 4.33. The molecule has 1 atom stereocenters. The van der Waals surface area contributed by atoms with Gasteiger partial charge in [-0.25, -0.2) is 13.2 Å². The summed E-state index contributed by atoms with van der Waals surface area (Å²) in [4.78, 5) is 0. The Labute approximate surface area is 101 Å². The predicted molar refractivity (Wildman–Crippen MR) is 57.5 cm³/mol. The van der Waals surface area contributed by atoms with E-state index >= 15 is 0 Å². The molecule has 0 radical (unpaired) electrons. The molecule has 0 amide bonds. The van der Waals surface area contributed by atoms with Crippen LogP contribution in [0.25, 0.3) is 0 Å². The van der Waals surface area contributed by atoms with E-state index in [-0.39, 0.29) is 5.56 Å². The first kappa shape index (κ1) is 12.0. The second-order valence-corrected chi connectivity index (χ2v) is 4.02. The zero-order valence-electron chi connectivity index (χ0n) is 8.81. The molecule has 0 aliphatic heterocycles. The molecule has 1 aromatic carbocycles. The monoisotopic (exact) mass is 260 g/mol. The van der Waals surface area contributed by atoms with Crippen molar-refractivity contribution in [2.75, 3.05) is 0 Å². The van der Waals surface area contributed by atoms with Gasteiger partial charge in [-0.2, -0.15) is 0 Å². The van der Waals surface area contributed by atoms with Crippen LogP contribution in [0.15, 0.2) is 28.9 Å². The molecule has 90 valence electrons. The Hall–Kier alpha value is -1.42. The van der Waals surface area contributed by atoms with E-state index < -0.39 is 22.8 Å². The molecule has 0 bridgehead atoms. The third kappa shape index (κ3) is 2.17. The Kier molecular flexibility index (Phi) is 3.15. The molecule has 1 aromatic heterocycles. The lowest BCUT2D eigenvalue weighted by atomic mass is 10.0. The van der Waals surface area contributed by atoms with Crippen molar-refractivity contribution in [2.45, 2.75) is 12.3 Å². The van der Waals surface area contributed by atoms with Gasteiger partial charge >= 0.3 is 0 Å². The van der Waals surface area contributed by atoms with E-state index in [0.29, 0.717) is 17.4 Å². The third-order valence-corrected chi connectivity index (χ3v) is 2.95. The molecule has 0 fully saturated rings. The molecule has 2 rings (SSSR count). The lowest BCUT2D eigenvalue weighted by Crippen LogP contribution is -2.00. The highest BCUT2D eigenvalue weighted by atomic mass is 35.5. The van der Waals surface area contributed by atoms with Gasteiger partial charge < -0.3 is 4.42 Å². The summed E-state index contributed by atoms with van der Waals surface area (Å²) in [5.74, 6) is -2.74. The van der Waals surface area contributed by atoms with E-state index in [2.05, 4.69) is 0 Å². The SMILES string of the molecule is Cc1occc1C(Cl)c1cc(F)c(F)cc1F. The van der Waals surface area contributed by atoms with Gasteiger partial charge in [0.2, 0.25) is 0 Å². The van der Waals surface area contributed by atoms with Crippen molar-refractivity contribution in [1.29, 1.82) is 0 Å². The van der Waals surface area contributed by atoms with Crippen molar-refractivity contribution in [2.24, 2.45) is 0 Å². The second kappa shape index (κ2) is 4.45. The summed E-state index contributed by atoms with van der Waals surface area (Å²) in [6, 6.07) is 2.80. The summed E-state index contributed by atoms with van der Waals surface area (Å²) in [6.45, 7) is 1.66. The fourth-order valence-electron chi connectivity index (χ4n) is 1.56. The van der Waals surface area contributed by atoms with E-state index in [9.17, 15) is 13.2 Å². The summed E-state index contributed by atoms with van der Waals surface area (Å²) in [7, 11) is 0. The Morgan fingerprint density at radius 1 is 1.06 bits per heavy atom. The highest BCUT2D eigenvalue weighted by Gasteiger charge is 2.21. The van der Waals surface area contributed by atoms with Gasteiger partial charge in [-0.15, -0.1) is 11.6 Å². The molecule has 0 saturated carbocycles. The van der Waals surface area contributed by atoms with Crippen LogP contribution in [0.5, 0.6) is 0 Å². The summed E-state index contributed by atoms with van der Waals surface area (Å²) < 4.78 is 44.3. The van der Waals surface area contributed by atoms with Gasteiger partial charge in [0.1, 0.15) is 11.6 Å². The van der Waals surface area contributed by atoms with Gasteiger partial charge in [0.05, 0.1) is 11.6 Å². The minimum atomic E-state index is -1.24. The first-order valence-corrected chi connectivity index (χ1v) is 5.27. The first-order chi connectivity index (χ1) is 8.00. The van der Waals surface area contributed by atoms with E-state index in [4.69, 9.17) is 16.0 Å². The Morgan fingerprint density at radius 2 is 1.71 bits per heavy atom.